The largest absolute Gasteiger partial charge is 0.419 e. The summed E-state index contributed by atoms with van der Waals surface area (Å²) in [5, 5.41) is 18.1. The van der Waals surface area contributed by atoms with Gasteiger partial charge in [-0.1, -0.05) is 13.3 Å². The van der Waals surface area contributed by atoms with Gasteiger partial charge in [-0.05, 0) is 37.9 Å². The van der Waals surface area contributed by atoms with Crippen LogP contribution in [0.3, 0.4) is 0 Å². The number of pyridine rings is 1. The van der Waals surface area contributed by atoms with E-state index in [9.17, 15) is 5.11 Å². The first-order valence-corrected chi connectivity index (χ1v) is 8.31. The first kappa shape index (κ1) is 16.1. The second-order valence-corrected chi connectivity index (χ2v) is 6.46. The van der Waals surface area contributed by atoms with Crippen LogP contribution in [0.25, 0.3) is 11.5 Å². The van der Waals surface area contributed by atoms with Crippen molar-refractivity contribution in [2.24, 2.45) is 5.41 Å². The monoisotopic (exact) mass is 316 g/mol. The normalized spacial score (nSPS) is 22.3. The van der Waals surface area contributed by atoms with Gasteiger partial charge in [-0.3, -0.25) is 9.88 Å². The lowest BCUT2D eigenvalue weighted by Crippen LogP contribution is -2.44. The first-order chi connectivity index (χ1) is 11.2. The fourth-order valence-corrected chi connectivity index (χ4v) is 3.50. The zero-order chi connectivity index (χ0) is 16.1. The Morgan fingerprint density at radius 2 is 2.30 bits per heavy atom. The molecule has 0 amide bonds. The van der Waals surface area contributed by atoms with Crippen LogP contribution in [0.4, 0.5) is 0 Å². The summed E-state index contributed by atoms with van der Waals surface area (Å²) >= 11 is 0. The van der Waals surface area contributed by atoms with Gasteiger partial charge in [0.25, 0.3) is 0 Å². The van der Waals surface area contributed by atoms with Crippen LogP contribution >= 0.6 is 0 Å². The molecule has 1 atom stereocenters. The van der Waals surface area contributed by atoms with Gasteiger partial charge in [-0.25, -0.2) is 0 Å². The summed E-state index contributed by atoms with van der Waals surface area (Å²) in [7, 11) is 0. The van der Waals surface area contributed by atoms with E-state index in [2.05, 4.69) is 27.0 Å². The zero-order valence-corrected chi connectivity index (χ0v) is 13.6. The molecule has 0 saturated carbocycles. The van der Waals surface area contributed by atoms with E-state index in [0.717, 1.165) is 44.3 Å². The molecule has 0 aliphatic carbocycles. The fraction of sp³-hybridized carbons (Fsp3) is 0.588. The number of hydrogen-bond donors (Lipinski definition) is 1. The molecule has 2 aromatic heterocycles. The number of aromatic nitrogens is 3. The Kier molecular flexibility index (Phi) is 5.03. The highest BCUT2D eigenvalue weighted by molar-refractivity contribution is 5.49. The van der Waals surface area contributed by atoms with Gasteiger partial charge in [0.15, 0.2) is 0 Å². The Labute approximate surface area is 136 Å². The van der Waals surface area contributed by atoms with E-state index in [1.165, 1.54) is 0 Å². The highest BCUT2D eigenvalue weighted by Crippen LogP contribution is 2.34. The van der Waals surface area contributed by atoms with Crippen molar-refractivity contribution in [3.05, 3.63) is 30.4 Å². The van der Waals surface area contributed by atoms with Crippen molar-refractivity contribution in [2.75, 3.05) is 19.7 Å². The smallest absolute Gasteiger partial charge is 0.249 e. The molecule has 0 spiro atoms. The molecule has 2 aromatic rings. The molecule has 1 aliphatic heterocycles. The minimum Gasteiger partial charge on any atom is -0.419 e. The van der Waals surface area contributed by atoms with Crippen LogP contribution in [0.1, 0.15) is 38.5 Å². The molecule has 0 radical (unpaired) electrons. The lowest BCUT2D eigenvalue weighted by molar-refractivity contribution is 0.0185. The summed E-state index contributed by atoms with van der Waals surface area (Å²) in [5.74, 6) is 1.13. The Balaban J connectivity index is 1.66. The second kappa shape index (κ2) is 7.19. The zero-order valence-electron chi connectivity index (χ0n) is 13.6. The van der Waals surface area contributed by atoms with Crippen molar-refractivity contribution in [1.29, 1.82) is 0 Å². The third-order valence-electron chi connectivity index (χ3n) is 4.59. The van der Waals surface area contributed by atoms with Gasteiger partial charge >= 0.3 is 0 Å². The van der Waals surface area contributed by atoms with Crippen LogP contribution in [0.2, 0.25) is 0 Å². The van der Waals surface area contributed by atoms with Gasteiger partial charge < -0.3 is 9.52 Å². The number of rotatable bonds is 6. The molecule has 1 aliphatic rings. The predicted molar refractivity (Wildman–Crippen MR) is 86.5 cm³/mol. The second-order valence-electron chi connectivity index (χ2n) is 6.46. The lowest BCUT2D eigenvalue weighted by Gasteiger charge is -2.41. The molecule has 1 saturated heterocycles. The summed E-state index contributed by atoms with van der Waals surface area (Å²) in [6.07, 6.45) is 7.79. The Morgan fingerprint density at radius 3 is 3.04 bits per heavy atom. The molecule has 1 fully saturated rings. The van der Waals surface area contributed by atoms with Crippen LogP contribution in [-0.2, 0) is 6.54 Å². The number of aliphatic hydroxyl groups is 1. The van der Waals surface area contributed by atoms with E-state index >= 15 is 0 Å². The van der Waals surface area contributed by atoms with Gasteiger partial charge in [0.05, 0.1) is 12.1 Å². The van der Waals surface area contributed by atoms with E-state index in [0.29, 0.717) is 18.3 Å². The summed E-state index contributed by atoms with van der Waals surface area (Å²) in [6, 6.07) is 3.76. The van der Waals surface area contributed by atoms with Crippen molar-refractivity contribution in [3.8, 4) is 11.5 Å². The average Bonchev–Trinajstić information content (AvgIpc) is 3.05. The van der Waals surface area contributed by atoms with Gasteiger partial charge in [0.2, 0.25) is 11.8 Å². The molecule has 6 nitrogen and oxygen atoms in total. The number of hydrogen-bond acceptors (Lipinski definition) is 6. The van der Waals surface area contributed by atoms with E-state index in [-0.39, 0.29) is 12.0 Å². The molecule has 6 heteroatoms. The highest BCUT2D eigenvalue weighted by atomic mass is 16.4. The number of aliphatic hydroxyl groups excluding tert-OH is 1. The average molecular weight is 316 g/mol. The molecule has 0 bridgehead atoms. The summed E-state index contributed by atoms with van der Waals surface area (Å²) in [5.41, 5.74) is 0.861. The van der Waals surface area contributed by atoms with Crippen LogP contribution < -0.4 is 0 Å². The van der Waals surface area contributed by atoms with E-state index in [1.54, 1.807) is 12.4 Å². The molecule has 3 heterocycles. The summed E-state index contributed by atoms with van der Waals surface area (Å²) in [4.78, 5) is 6.39. The molecule has 124 valence electrons. The maximum Gasteiger partial charge on any atom is 0.249 e. The van der Waals surface area contributed by atoms with Gasteiger partial charge in [0.1, 0.15) is 0 Å². The summed E-state index contributed by atoms with van der Waals surface area (Å²) in [6.45, 7) is 4.97. The molecular weight excluding hydrogens is 292 g/mol. The van der Waals surface area contributed by atoms with Crippen molar-refractivity contribution in [3.63, 3.8) is 0 Å². The maximum absolute atomic E-state index is 9.82. The Hall–Kier alpha value is -1.79. The quantitative estimate of drug-likeness (QED) is 0.882. The highest BCUT2D eigenvalue weighted by Gasteiger charge is 2.34. The van der Waals surface area contributed by atoms with Crippen molar-refractivity contribution in [2.45, 2.75) is 39.2 Å². The minimum absolute atomic E-state index is 0.0270. The number of likely N-dealkylation sites (tertiary alicyclic amines) is 1. The lowest BCUT2D eigenvalue weighted by atomic mass is 9.77. The Bertz CT molecular complexity index is 612. The third-order valence-corrected chi connectivity index (χ3v) is 4.59. The van der Waals surface area contributed by atoms with Crippen LogP contribution in [0.5, 0.6) is 0 Å². The van der Waals surface area contributed by atoms with Crippen molar-refractivity contribution >= 4 is 0 Å². The van der Waals surface area contributed by atoms with Crippen LogP contribution in [0, 0.1) is 5.41 Å². The SMILES string of the molecule is CCC[C@@]1(CO)CCCN(Cc2nnc(-c3cccnc3)o2)C1. The van der Waals surface area contributed by atoms with Gasteiger partial charge in [-0.15, -0.1) is 10.2 Å². The van der Waals surface area contributed by atoms with Gasteiger partial charge in [-0.2, -0.15) is 0 Å². The van der Waals surface area contributed by atoms with Crippen molar-refractivity contribution in [1.82, 2.24) is 20.1 Å². The van der Waals surface area contributed by atoms with E-state index in [1.807, 2.05) is 12.1 Å². The minimum atomic E-state index is 0.0270. The third kappa shape index (κ3) is 3.76. The van der Waals surface area contributed by atoms with E-state index < -0.39 is 0 Å². The predicted octanol–water partition coefficient (Wildman–Crippen LogP) is 2.51. The molecule has 3 rings (SSSR count). The molecular formula is C17H24N4O2. The molecule has 0 aromatic carbocycles. The van der Waals surface area contributed by atoms with Crippen LogP contribution in [0.15, 0.2) is 28.9 Å². The number of piperidine rings is 1. The fourth-order valence-electron chi connectivity index (χ4n) is 3.50. The number of nitrogens with zero attached hydrogens (tertiary/aromatic N) is 4. The molecule has 0 unspecified atom stereocenters. The topological polar surface area (TPSA) is 75.3 Å². The van der Waals surface area contributed by atoms with Crippen molar-refractivity contribution < 1.29 is 9.52 Å². The van der Waals surface area contributed by atoms with Crippen LogP contribution in [-0.4, -0.2) is 44.9 Å². The van der Waals surface area contributed by atoms with Gasteiger partial charge in [0, 0.05) is 31.0 Å². The maximum atomic E-state index is 9.82. The standard InChI is InChI=1S/C17H24N4O2/c1-2-6-17(13-22)7-4-9-21(12-17)11-15-19-20-16(23-15)14-5-3-8-18-10-14/h3,5,8,10,22H,2,4,6-7,9,11-13H2,1H3/t17-/m1/s1. The molecule has 23 heavy (non-hydrogen) atoms. The molecule has 1 N–H and O–H groups in total. The first-order valence-electron chi connectivity index (χ1n) is 8.31. The summed E-state index contributed by atoms with van der Waals surface area (Å²) < 4.78 is 5.77. The Morgan fingerprint density at radius 1 is 1.39 bits per heavy atom. The van der Waals surface area contributed by atoms with E-state index in [4.69, 9.17) is 4.42 Å².